The van der Waals surface area contributed by atoms with Crippen molar-refractivity contribution in [3.63, 3.8) is 0 Å². The Bertz CT molecular complexity index is 724. The van der Waals surface area contributed by atoms with Crippen LogP contribution in [0.4, 0.5) is 0 Å². The van der Waals surface area contributed by atoms with Gasteiger partial charge in [0, 0.05) is 12.3 Å². The maximum atomic E-state index is 10.8. The topological polar surface area (TPSA) is 41.8 Å². The van der Waals surface area contributed by atoms with Crippen LogP contribution < -0.4 is 0 Å². The van der Waals surface area contributed by atoms with E-state index in [0.717, 1.165) is 24.3 Å². The van der Waals surface area contributed by atoms with Crippen LogP contribution in [0.5, 0.6) is 0 Å². The van der Waals surface area contributed by atoms with Gasteiger partial charge in [0.25, 0.3) is 0 Å². The van der Waals surface area contributed by atoms with Crippen LogP contribution in [-0.4, -0.2) is 22.6 Å². The Hall–Kier alpha value is -2.13. The molecule has 3 unspecified atom stereocenters. The molecule has 26 heavy (non-hydrogen) atoms. The summed E-state index contributed by atoms with van der Waals surface area (Å²) in [6.45, 7) is 6.40. The Morgan fingerprint density at radius 3 is 2.31 bits per heavy atom. The van der Waals surface area contributed by atoms with Crippen molar-refractivity contribution in [2.75, 3.05) is 0 Å². The van der Waals surface area contributed by atoms with Gasteiger partial charge in [-0.1, -0.05) is 60.7 Å². The van der Waals surface area contributed by atoms with Crippen molar-refractivity contribution in [1.29, 1.82) is 0 Å². The highest BCUT2D eigenvalue weighted by atomic mass is 16.5. The predicted molar refractivity (Wildman–Crippen MR) is 106 cm³/mol. The lowest BCUT2D eigenvalue weighted by Crippen LogP contribution is -2.38. The van der Waals surface area contributed by atoms with Gasteiger partial charge >= 0.3 is 0 Å². The van der Waals surface area contributed by atoms with Crippen LogP contribution in [0.2, 0.25) is 0 Å². The third-order valence-electron chi connectivity index (χ3n) is 4.89. The van der Waals surface area contributed by atoms with E-state index in [9.17, 15) is 5.11 Å². The highest BCUT2D eigenvalue weighted by Gasteiger charge is 2.33. The van der Waals surface area contributed by atoms with Crippen LogP contribution in [0, 0.1) is 5.92 Å². The van der Waals surface area contributed by atoms with Gasteiger partial charge in [-0.05, 0) is 44.7 Å². The highest BCUT2D eigenvalue weighted by Crippen LogP contribution is 2.31. The van der Waals surface area contributed by atoms with Crippen molar-refractivity contribution < 1.29 is 9.84 Å². The molecule has 1 N–H and O–H groups in total. The standard InChI is InChI=1S/C23H29NO2/c1-17-16-23(2,3)24-22(26-17)20(14-18-10-6-4-7-11-18)15-21(25)19-12-8-5-9-13-19/h4-13,17,20-21,25H,14-16H2,1-3H3. The van der Waals surface area contributed by atoms with Gasteiger partial charge in [0.2, 0.25) is 0 Å². The zero-order chi connectivity index (χ0) is 18.6. The van der Waals surface area contributed by atoms with Crippen molar-refractivity contribution in [1.82, 2.24) is 0 Å². The zero-order valence-electron chi connectivity index (χ0n) is 15.9. The molecule has 0 aliphatic carbocycles. The van der Waals surface area contributed by atoms with E-state index < -0.39 is 6.10 Å². The molecule has 1 aliphatic heterocycles. The molecule has 3 atom stereocenters. The fourth-order valence-corrected chi connectivity index (χ4v) is 3.76. The molecule has 3 rings (SSSR count). The second-order valence-corrected chi connectivity index (χ2v) is 7.94. The predicted octanol–water partition coefficient (Wildman–Crippen LogP) is 4.95. The SMILES string of the molecule is CC1CC(C)(C)N=C(C(Cc2ccccc2)CC(O)c2ccccc2)O1. The maximum Gasteiger partial charge on any atom is 0.187 e. The van der Waals surface area contributed by atoms with Crippen LogP contribution in [-0.2, 0) is 11.2 Å². The molecule has 0 bridgehead atoms. The van der Waals surface area contributed by atoms with E-state index in [4.69, 9.17) is 9.73 Å². The number of aliphatic imine (C=N–C) groups is 1. The van der Waals surface area contributed by atoms with Gasteiger partial charge in [0.1, 0.15) is 0 Å². The summed E-state index contributed by atoms with van der Waals surface area (Å²) in [6.07, 6.45) is 1.93. The lowest BCUT2D eigenvalue weighted by molar-refractivity contribution is 0.112. The van der Waals surface area contributed by atoms with Crippen LogP contribution >= 0.6 is 0 Å². The average molecular weight is 351 g/mol. The lowest BCUT2D eigenvalue weighted by Gasteiger charge is -2.35. The maximum absolute atomic E-state index is 10.8. The van der Waals surface area contributed by atoms with E-state index in [2.05, 4.69) is 45.0 Å². The Morgan fingerprint density at radius 2 is 1.69 bits per heavy atom. The number of hydrogen-bond acceptors (Lipinski definition) is 3. The number of aliphatic hydroxyl groups excluding tert-OH is 1. The van der Waals surface area contributed by atoms with Gasteiger partial charge in [0.05, 0.1) is 17.7 Å². The number of benzene rings is 2. The second-order valence-electron chi connectivity index (χ2n) is 7.94. The van der Waals surface area contributed by atoms with E-state index in [1.54, 1.807) is 0 Å². The molecule has 2 aromatic carbocycles. The summed E-state index contributed by atoms with van der Waals surface area (Å²) in [4.78, 5) is 4.89. The highest BCUT2D eigenvalue weighted by molar-refractivity contribution is 5.80. The van der Waals surface area contributed by atoms with E-state index >= 15 is 0 Å². The van der Waals surface area contributed by atoms with E-state index in [1.165, 1.54) is 5.56 Å². The summed E-state index contributed by atoms with van der Waals surface area (Å²) in [6, 6.07) is 20.2. The quantitative estimate of drug-likeness (QED) is 0.799. The summed E-state index contributed by atoms with van der Waals surface area (Å²) >= 11 is 0. The Morgan fingerprint density at radius 1 is 1.08 bits per heavy atom. The lowest BCUT2D eigenvalue weighted by atomic mass is 9.89. The first kappa shape index (κ1) is 18.7. The Balaban J connectivity index is 1.85. The summed E-state index contributed by atoms with van der Waals surface area (Å²) in [5.74, 6) is 0.835. The molecule has 3 heteroatoms. The summed E-state index contributed by atoms with van der Waals surface area (Å²) in [5, 5.41) is 10.8. The molecule has 2 aromatic rings. The molecule has 0 aromatic heterocycles. The number of hydrogen-bond donors (Lipinski definition) is 1. The fraction of sp³-hybridized carbons (Fsp3) is 0.435. The molecule has 138 valence electrons. The van der Waals surface area contributed by atoms with E-state index in [0.29, 0.717) is 6.42 Å². The van der Waals surface area contributed by atoms with Gasteiger partial charge in [-0.15, -0.1) is 0 Å². The molecule has 0 saturated heterocycles. The summed E-state index contributed by atoms with van der Waals surface area (Å²) < 4.78 is 6.13. The molecule has 1 heterocycles. The number of ether oxygens (including phenoxy) is 1. The van der Waals surface area contributed by atoms with Crippen molar-refractivity contribution >= 4 is 5.90 Å². The molecule has 1 aliphatic rings. The Kier molecular flexibility index (Phi) is 5.77. The van der Waals surface area contributed by atoms with E-state index in [1.807, 2.05) is 36.4 Å². The minimum absolute atomic E-state index is 0.0506. The van der Waals surface area contributed by atoms with Gasteiger partial charge in [0.15, 0.2) is 5.90 Å². The van der Waals surface area contributed by atoms with Crippen LogP contribution in [0.25, 0.3) is 0 Å². The first-order valence-corrected chi connectivity index (χ1v) is 9.46. The molecular formula is C23H29NO2. The van der Waals surface area contributed by atoms with Gasteiger partial charge in [-0.2, -0.15) is 0 Å². The zero-order valence-corrected chi connectivity index (χ0v) is 15.9. The van der Waals surface area contributed by atoms with Gasteiger partial charge in [-0.3, -0.25) is 0 Å². The molecule has 0 radical (unpaired) electrons. The average Bonchev–Trinajstić information content (AvgIpc) is 2.61. The second kappa shape index (κ2) is 8.05. The van der Waals surface area contributed by atoms with Crippen LogP contribution in [0.1, 0.15) is 50.8 Å². The molecule has 0 spiro atoms. The summed E-state index contributed by atoms with van der Waals surface area (Å²) in [7, 11) is 0. The number of nitrogens with zero attached hydrogens (tertiary/aromatic N) is 1. The molecule has 0 fully saturated rings. The number of aliphatic hydroxyl groups is 1. The molecule has 0 amide bonds. The van der Waals surface area contributed by atoms with Crippen molar-refractivity contribution in [3.8, 4) is 0 Å². The minimum Gasteiger partial charge on any atom is -0.478 e. The molecule has 0 saturated carbocycles. The van der Waals surface area contributed by atoms with Gasteiger partial charge < -0.3 is 9.84 Å². The van der Waals surface area contributed by atoms with Crippen LogP contribution in [0.15, 0.2) is 65.7 Å². The third-order valence-corrected chi connectivity index (χ3v) is 4.89. The van der Waals surface area contributed by atoms with Crippen molar-refractivity contribution in [2.24, 2.45) is 10.9 Å². The van der Waals surface area contributed by atoms with Gasteiger partial charge in [-0.25, -0.2) is 4.99 Å². The summed E-state index contributed by atoms with van der Waals surface area (Å²) in [5.41, 5.74) is 2.05. The first-order chi connectivity index (χ1) is 12.4. The van der Waals surface area contributed by atoms with Crippen molar-refractivity contribution in [3.05, 3.63) is 71.8 Å². The third kappa shape index (κ3) is 4.95. The molecular weight excluding hydrogens is 322 g/mol. The molecule has 3 nitrogen and oxygen atoms in total. The van der Waals surface area contributed by atoms with E-state index in [-0.39, 0.29) is 17.6 Å². The largest absolute Gasteiger partial charge is 0.478 e. The fourth-order valence-electron chi connectivity index (χ4n) is 3.76. The van der Waals surface area contributed by atoms with Crippen LogP contribution in [0.3, 0.4) is 0 Å². The smallest absolute Gasteiger partial charge is 0.187 e. The first-order valence-electron chi connectivity index (χ1n) is 9.46. The normalized spacial score (nSPS) is 21.4. The Labute approximate surface area is 156 Å². The number of rotatable bonds is 6. The van der Waals surface area contributed by atoms with Crippen molar-refractivity contribution in [2.45, 2.75) is 57.8 Å². The minimum atomic E-state index is -0.531. The monoisotopic (exact) mass is 351 g/mol.